The summed E-state index contributed by atoms with van der Waals surface area (Å²) in [6, 6.07) is 17.4. The van der Waals surface area contributed by atoms with Crippen LogP contribution in [0.2, 0.25) is 0 Å². The summed E-state index contributed by atoms with van der Waals surface area (Å²) >= 11 is 8.88. The number of amides is 1. The lowest BCUT2D eigenvalue weighted by Crippen LogP contribution is -2.34. The number of aryl methyl sites for hydroxylation is 1. The zero-order chi connectivity index (χ0) is 19.4. The Morgan fingerprint density at radius 1 is 1.15 bits per heavy atom. The van der Waals surface area contributed by atoms with Gasteiger partial charge >= 0.3 is 0 Å². The highest BCUT2D eigenvalue weighted by molar-refractivity contribution is 9.10. The lowest BCUT2D eigenvalue weighted by Gasteiger charge is -2.15. The van der Waals surface area contributed by atoms with Gasteiger partial charge in [-0.2, -0.15) is 0 Å². The number of rotatable bonds is 4. The van der Waals surface area contributed by atoms with Crippen molar-refractivity contribution in [2.45, 2.75) is 13.3 Å². The molecule has 0 atom stereocenters. The molecule has 0 spiro atoms. The topological polar surface area (TPSA) is 50.4 Å². The smallest absolute Gasteiger partial charge is 0.261 e. The van der Waals surface area contributed by atoms with Crippen LogP contribution in [0, 0.1) is 0 Å². The average molecular weight is 443 g/mol. The molecule has 0 saturated carbocycles. The molecule has 2 N–H and O–H groups in total. The molecule has 1 amide bonds. The average Bonchev–Trinajstić information content (AvgIpc) is 2.68. The van der Waals surface area contributed by atoms with Crippen molar-refractivity contribution in [2.75, 3.05) is 12.4 Å². The van der Waals surface area contributed by atoms with Crippen molar-refractivity contribution in [1.29, 1.82) is 0 Å². The summed E-state index contributed by atoms with van der Waals surface area (Å²) in [5, 5.41) is 8.00. The maximum atomic E-state index is 12.8. The van der Waals surface area contributed by atoms with Gasteiger partial charge in [-0.05, 0) is 63.0 Å². The number of fused-ring (bicyclic) bond motifs is 1. The summed E-state index contributed by atoms with van der Waals surface area (Å²) in [7, 11) is 1.54. The number of ether oxygens (including phenoxy) is 1. The largest absolute Gasteiger partial charge is 0.495 e. The highest BCUT2D eigenvalue weighted by atomic mass is 79.9. The van der Waals surface area contributed by atoms with Crippen LogP contribution in [-0.4, -0.2) is 18.1 Å². The predicted octanol–water partition coefficient (Wildman–Crippen LogP) is 5.30. The second kappa shape index (κ2) is 8.50. The third-order valence-electron chi connectivity index (χ3n) is 4.26. The molecular weight excluding hydrogens is 424 g/mol. The van der Waals surface area contributed by atoms with E-state index < -0.39 is 0 Å². The number of methoxy groups -OCH3 is 1. The Balaban J connectivity index is 1.86. The molecule has 138 valence electrons. The first-order chi connectivity index (χ1) is 13.0. The number of hydrogen-bond donors (Lipinski definition) is 2. The number of anilines is 1. The molecular formula is C21H19BrN2O2S. The first kappa shape index (κ1) is 19.3. The Kier molecular flexibility index (Phi) is 6.08. The van der Waals surface area contributed by atoms with Gasteiger partial charge in [0.1, 0.15) is 5.75 Å². The Bertz CT molecular complexity index is 1020. The van der Waals surface area contributed by atoms with E-state index >= 15 is 0 Å². The second-order valence-corrected chi connectivity index (χ2v) is 7.11. The van der Waals surface area contributed by atoms with Gasteiger partial charge in [-0.25, -0.2) is 0 Å². The van der Waals surface area contributed by atoms with Gasteiger partial charge in [0.2, 0.25) is 0 Å². The van der Waals surface area contributed by atoms with Gasteiger partial charge in [-0.3, -0.25) is 10.1 Å². The first-order valence-corrected chi connectivity index (χ1v) is 9.70. The SMILES string of the molecule is CCc1ccccc1NC(=S)NC(=O)c1cc2ccccc2c(Br)c1OC. The van der Waals surface area contributed by atoms with Crippen molar-refractivity contribution in [3.63, 3.8) is 0 Å². The fourth-order valence-electron chi connectivity index (χ4n) is 2.93. The van der Waals surface area contributed by atoms with Crippen molar-refractivity contribution < 1.29 is 9.53 Å². The van der Waals surface area contributed by atoms with E-state index in [2.05, 4.69) is 33.5 Å². The van der Waals surface area contributed by atoms with E-state index in [1.54, 1.807) is 13.2 Å². The van der Waals surface area contributed by atoms with Crippen LogP contribution in [0.1, 0.15) is 22.8 Å². The summed E-state index contributed by atoms with van der Waals surface area (Å²) in [6.07, 6.45) is 0.866. The minimum absolute atomic E-state index is 0.243. The molecule has 3 aromatic rings. The molecule has 0 unspecified atom stereocenters. The lowest BCUT2D eigenvalue weighted by atomic mass is 10.1. The maximum Gasteiger partial charge on any atom is 0.261 e. The predicted molar refractivity (Wildman–Crippen MR) is 118 cm³/mol. The minimum Gasteiger partial charge on any atom is -0.495 e. The van der Waals surface area contributed by atoms with Gasteiger partial charge in [0.15, 0.2) is 5.11 Å². The highest BCUT2D eigenvalue weighted by Crippen LogP contribution is 2.36. The van der Waals surface area contributed by atoms with Crippen molar-refractivity contribution in [3.05, 3.63) is 70.2 Å². The molecule has 0 heterocycles. The van der Waals surface area contributed by atoms with E-state index in [-0.39, 0.29) is 11.0 Å². The zero-order valence-corrected chi connectivity index (χ0v) is 17.4. The summed E-state index contributed by atoms with van der Waals surface area (Å²) in [5.41, 5.74) is 2.42. The van der Waals surface area contributed by atoms with Gasteiger partial charge in [0, 0.05) is 5.69 Å². The molecule has 0 bridgehead atoms. The Hall–Kier alpha value is -2.44. The van der Waals surface area contributed by atoms with Gasteiger partial charge < -0.3 is 10.1 Å². The summed E-state index contributed by atoms with van der Waals surface area (Å²) in [5.74, 6) is 0.146. The fraction of sp³-hybridized carbons (Fsp3) is 0.143. The lowest BCUT2D eigenvalue weighted by molar-refractivity contribution is 0.0975. The van der Waals surface area contributed by atoms with Crippen LogP contribution in [0.3, 0.4) is 0 Å². The second-order valence-electron chi connectivity index (χ2n) is 5.91. The number of benzene rings is 3. The van der Waals surface area contributed by atoms with Crippen LogP contribution in [-0.2, 0) is 6.42 Å². The number of nitrogens with one attached hydrogen (secondary N) is 2. The molecule has 0 fully saturated rings. The molecule has 0 aliphatic carbocycles. The van der Waals surface area contributed by atoms with Gasteiger partial charge in [-0.15, -0.1) is 0 Å². The third-order valence-corrected chi connectivity index (χ3v) is 5.25. The van der Waals surface area contributed by atoms with E-state index in [1.165, 1.54) is 0 Å². The van der Waals surface area contributed by atoms with E-state index in [9.17, 15) is 4.79 Å². The molecule has 27 heavy (non-hydrogen) atoms. The summed E-state index contributed by atoms with van der Waals surface area (Å²) < 4.78 is 6.21. The van der Waals surface area contributed by atoms with Crippen molar-refractivity contribution in [2.24, 2.45) is 0 Å². The highest BCUT2D eigenvalue weighted by Gasteiger charge is 2.19. The number of thiocarbonyl (C=S) groups is 1. The quantitative estimate of drug-likeness (QED) is 0.538. The third kappa shape index (κ3) is 4.12. The number of para-hydroxylation sites is 1. The summed E-state index contributed by atoms with van der Waals surface area (Å²) in [6.45, 7) is 2.07. The number of hydrogen-bond acceptors (Lipinski definition) is 3. The number of carbonyl (C=O) groups excluding carboxylic acids is 1. The van der Waals surface area contributed by atoms with Crippen molar-refractivity contribution in [3.8, 4) is 5.75 Å². The Labute approximate surface area is 172 Å². The zero-order valence-electron chi connectivity index (χ0n) is 15.0. The van der Waals surface area contributed by atoms with E-state index in [0.717, 1.165) is 32.9 Å². The fourth-order valence-corrected chi connectivity index (χ4v) is 3.87. The number of carbonyl (C=O) groups is 1. The minimum atomic E-state index is -0.329. The first-order valence-electron chi connectivity index (χ1n) is 8.50. The molecule has 6 heteroatoms. The van der Waals surface area contributed by atoms with Crippen LogP contribution in [0.4, 0.5) is 5.69 Å². The molecule has 4 nitrogen and oxygen atoms in total. The van der Waals surface area contributed by atoms with E-state index in [0.29, 0.717) is 11.3 Å². The Morgan fingerprint density at radius 3 is 2.59 bits per heavy atom. The van der Waals surface area contributed by atoms with Crippen LogP contribution in [0.25, 0.3) is 10.8 Å². The van der Waals surface area contributed by atoms with Crippen molar-refractivity contribution >= 4 is 55.6 Å². The van der Waals surface area contributed by atoms with E-state index in [1.807, 2.05) is 48.5 Å². The maximum absolute atomic E-state index is 12.8. The molecule has 3 rings (SSSR count). The van der Waals surface area contributed by atoms with Gasteiger partial charge in [0.25, 0.3) is 5.91 Å². The Morgan fingerprint density at radius 2 is 1.85 bits per heavy atom. The molecule has 0 aliphatic heterocycles. The molecule has 3 aromatic carbocycles. The molecule has 0 aliphatic rings. The standard InChI is InChI=1S/C21H19BrN2O2S/c1-3-13-8-5-7-11-17(13)23-21(27)24-20(25)16-12-14-9-4-6-10-15(14)18(22)19(16)26-2/h4-12H,3H2,1-2H3,(H2,23,24,25,27). The van der Waals surface area contributed by atoms with Crippen LogP contribution in [0.5, 0.6) is 5.75 Å². The van der Waals surface area contributed by atoms with E-state index in [4.69, 9.17) is 17.0 Å². The van der Waals surface area contributed by atoms with Crippen LogP contribution < -0.4 is 15.4 Å². The summed E-state index contributed by atoms with van der Waals surface area (Å²) in [4.78, 5) is 12.8. The van der Waals surface area contributed by atoms with Gasteiger partial charge in [-0.1, -0.05) is 49.4 Å². The monoisotopic (exact) mass is 442 g/mol. The van der Waals surface area contributed by atoms with Crippen LogP contribution >= 0.6 is 28.1 Å². The molecule has 0 aromatic heterocycles. The van der Waals surface area contributed by atoms with Gasteiger partial charge in [0.05, 0.1) is 17.1 Å². The number of halogens is 1. The van der Waals surface area contributed by atoms with Crippen molar-refractivity contribution in [1.82, 2.24) is 5.32 Å². The van der Waals surface area contributed by atoms with Crippen LogP contribution in [0.15, 0.2) is 59.1 Å². The molecule has 0 radical (unpaired) electrons. The normalized spacial score (nSPS) is 10.5. The molecule has 0 saturated heterocycles.